The number of nitrogens with zero attached hydrogens (tertiary/aromatic N) is 6. The van der Waals surface area contributed by atoms with Crippen molar-refractivity contribution < 1.29 is 42.1 Å². The molecule has 4 aromatic heterocycles. The average Bonchev–Trinajstić information content (AvgIpc) is 3.27. The second kappa shape index (κ2) is 26.1. The number of piperidine rings is 3. The van der Waals surface area contributed by atoms with E-state index in [0.29, 0.717) is 47.4 Å². The Morgan fingerprint density at radius 3 is 1.51 bits per heavy atom. The molecule has 3 aliphatic heterocycles. The highest BCUT2D eigenvalue weighted by molar-refractivity contribution is 9.10. The van der Waals surface area contributed by atoms with Crippen molar-refractivity contribution in [1.82, 2.24) is 25.3 Å². The van der Waals surface area contributed by atoms with Gasteiger partial charge in [0.15, 0.2) is 0 Å². The number of esters is 2. The topological polar surface area (TPSA) is 172 Å². The normalized spacial score (nSPS) is 15.7. The molecule has 3 fully saturated rings. The molecule has 4 aromatic rings. The average molecular weight is 916 g/mol. The SMILES string of the molecule is COC(=O)CC1CCN(c2ccc(F)cn2)CC1.COC(=O)CC1CCNCC1.Fc1ccc(Br)nc1.O=C(CC1CCN(c2ccc(F)cn2)CC1)Nc1ccc(O)cn1. The molecule has 61 heavy (non-hydrogen) atoms. The molecule has 330 valence electrons. The van der Waals surface area contributed by atoms with Crippen LogP contribution in [0.3, 0.4) is 0 Å². The molecule has 14 nitrogen and oxygen atoms in total. The summed E-state index contributed by atoms with van der Waals surface area (Å²) in [6.45, 7) is 5.38. The van der Waals surface area contributed by atoms with Crippen LogP contribution in [0, 0.1) is 35.2 Å². The Morgan fingerprint density at radius 2 is 1.11 bits per heavy atom. The Bertz CT molecular complexity index is 1870. The van der Waals surface area contributed by atoms with Gasteiger partial charge in [0.2, 0.25) is 5.91 Å². The number of rotatable bonds is 9. The Hall–Kier alpha value is -5.36. The fraction of sp³-hybridized carbons (Fsp3) is 0.465. The molecule has 0 aliphatic carbocycles. The smallest absolute Gasteiger partial charge is 0.305 e. The largest absolute Gasteiger partial charge is 0.506 e. The molecule has 0 aromatic carbocycles. The summed E-state index contributed by atoms with van der Waals surface area (Å²) in [4.78, 5) is 54.0. The van der Waals surface area contributed by atoms with E-state index in [9.17, 15) is 32.7 Å². The Labute approximate surface area is 362 Å². The zero-order valence-corrected chi connectivity index (χ0v) is 36.0. The number of nitrogens with one attached hydrogen (secondary N) is 2. The lowest BCUT2D eigenvalue weighted by Crippen LogP contribution is -2.35. The van der Waals surface area contributed by atoms with Gasteiger partial charge in [-0.1, -0.05) is 0 Å². The zero-order valence-electron chi connectivity index (χ0n) is 34.5. The van der Waals surface area contributed by atoms with Crippen LogP contribution in [0.4, 0.5) is 30.6 Å². The fourth-order valence-corrected chi connectivity index (χ4v) is 7.07. The summed E-state index contributed by atoms with van der Waals surface area (Å²) >= 11 is 3.07. The van der Waals surface area contributed by atoms with Crippen LogP contribution in [0.2, 0.25) is 0 Å². The molecule has 1 amide bonds. The van der Waals surface area contributed by atoms with Crippen LogP contribution < -0.4 is 20.4 Å². The van der Waals surface area contributed by atoms with Gasteiger partial charge in [-0.2, -0.15) is 0 Å². The molecule has 0 saturated carbocycles. The molecule has 18 heteroatoms. The Kier molecular flexibility index (Phi) is 20.7. The molecule has 3 N–H and O–H groups in total. The van der Waals surface area contributed by atoms with Gasteiger partial charge in [-0.15, -0.1) is 0 Å². The standard InChI is InChI=1S/C17H19FN4O2.C13H17FN2O2.C8H15NO2.C5H3BrFN/c18-13-1-4-16(20-10-13)22-7-5-12(6-8-22)9-17(24)21-15-3-2-14(23)11-19-15;1-18-13(17)8-10-4-6-16(7-5-10)12-3-2-11(14)9-15-12;1-11-8(10)6-7-2-4-9-5-3-7;6-5-2-1-4(7)3-8-5/h1-4,10-12,23H,5-9H2,(H,19,21,24);2-3,9-10H,4-8H2,1H3;7,9H,2-6H2,1H3;1-3H. The van der Waals surface area contributed by atoms with Crippen molar-refractivity contribution >= 4 is 51.2 Å². The van der Waals surface area contributed by atoms with Gasteiger partial charge >= 0.3 is 11.9 Å². The lowest BCUT2D eigenvalue weighted by atomic mass is 9.93. The number of aromatic nitrogens is 4. The van der Waals surface area contributed by atoms with Gasteiger partial charge in [0, 0.05) is 45.4 Å². The summed E-state index contributed by atoms with van der Waals surface area (Å²) in [5.41, 5.74) is 0. The van der Waals surface area contributed by atoms with Crippen molar-refractivity contribution in [3.63, 3.8) is 0 Å². The highest BCUT2D eigenvalue weighted by Crippen LogP contribution is 2.26. The van der Waals surface area contributed by atoms with Crippen LogP contribution >= 0.6 is 15.9 Å². The summed E-state index contributed by atoms with van der Waals surface area (Å²) in [6.07, 6.45) is 12.3. The minimum Gasteiger partial charge on any atom is -0.506 e. The monoisotopic (exact) mass is 914 g/mol. The van der Waals surface area contributed by atoms with Crippen LogP contribution in [0.1, 0.15) is 57.8 Å². The maximum absolute atomic E-state index is 12.9. The van der Waals surface area contributed by atoms with Gasteiger partial charge in [-0.05, 0) is 134 Å². The maximum Gasteiger partial charge on any atom is 0.305 e. The van der Waals surface area contributed by atoms with Gasteiger partial charge in [0.25, 0.3) is 0 Å². The lowest BCUT2D eigenvalue weighted by Gasteiger charge is -2.32. The van der Waals surface area contributed by atoms with E-state index in [0.717, 1.165) is 95.6 Å². The van der Waals surface area contributed by atoms with E-state index in [4.69, 9.17) is 0 Å². The number of anilines is 3. The number of carbonyl (C=O) groups excluding carboxylic acids is 3. The molecule has 0 radical (unpaired) electrons. The minimum absolute atomic E-state index is 0.0646. The van der Waals surface area contributed by atoms with E-state index in [-0.39, 0.29) is 41.0 Å². The first-order valence-corrected chi connectivity index (χ1v) is 21.0. The summed E-state index contributed by atoms with van der Waals surface area (Å²) in [6, 6.07) is 12.1. The third-order valence-electron chi connectivity index (χ3n) is 10.3. The van der Waals surface area contributed by atoms with Gasteiger partial charge in [0.1, 0.15) is 45.3 Å². The molecule has 7 rings (SSSR count). The molecule has 0 atom stereocenters. The van der Waals surface area contributed by atoms with E-state index in [1.807, 2.05) is 0 Å². The van der Waals surface area contributed by atoms with E-state index >= 15 is 0 Å². The molecule has 0 bridgehead atoms. The number of halogens is 4. The quantitative estimate of drug-likeness (QED) is 0.115. The number of hydrogen-bond donors (Lipinski definition) is 3. The number of aromatic hydroxyl groups is 1. The third-order valence-corrected chi connectivity index (χ3v) is 10.8. The van der Waals surface area contributed by atoms with E-state index in [1.54, 1.807) is 24.3 Å². The number of methoxy groups -OCH3 is 2. The fourth-order valence-electron chi connectivity index (χ4n) is 6.84. The van der Waals surface area contributed by atoms with Gasteiger partial charge in [0.05, 0.1) is 39.0 Å². The first-order chi connectivity index (χ1) is 29.4. The molecule has 7 heterocycles. The van der Waals surface area contributed by atoms with Crippen molar-refractivity contribution in [2.24, 2.45) is 17.8 Å². The van der Waals surface area contributed by atoms with Gasteiger partial charge in [-0.25, -0.2) is 33.1 Å². The van der Waals surface area contributed by atoms with Crippen LogP contribution in [0.15, 0.2) is 77.9 Å². The molecule has 0 unspecified atom stereocenters. The maximum atomic E-state index is 12.9. The van der Waals surface area contributed by atoms with Crippen molar-refractivity contribution in [1.29, 1.82) is 0 Å². The van der Waals surface area contributed by atoms with Crippen LogP contribution in [0.25, 0.3) is 0 Å². The summed E-state index contributed by atoms with van der Waals surface area (Å²) < 4.78 is 47.6. The highest BCUT2D eigenvalue weighted by Gasteiger charge is 2.24. The Balaban J connectivity index is 0.000000194. The lowest BCUT2D eigenvalue weighted by molar-refractivity contribution is -0.142. The zero-order chi connectivity index (χ0) is 44.0. The first kappa shape index (κ1) is 48.3. The second-order valence-corrected chi connectivity index (χ2v) is 15.5. The minimum atomic E-state index is -0.340. The number of ether oxygens (including phenoxy) is 2. The van der Waals surface area contributed by atoms with E-state index in [1.165, 1.54) is 57.1 Å². The van der Waals surface area contributed by atoms with Crippen molar-refractivity contribution in [3.8, 4) is 5.75 Å². The van der Waals surface area contributed by atoms with Crippen LogP contribution in [-0.2, 0) is 23.9 Å². The first-order valence-electron chi connectivity index (χ1n) is 20.2. The summed E-state index contributed by atoms with van der Waals surface area (Å²) in [7, 11) is 2.86. The molecule has 3 aliphatic rings. The number of amides is 1. The summed E-state index contributed by atoms with van der Waals surface area (Å²) in [5.74, 6) is 2.04. The van der Waals surface area contributed by atoms with Gasteiger partial charge in [-0.3, -0.25) is 14.4 Å². The van der Waals surface area contributed by atoms with Crippen LogP contribution in [-0.4, -0.2) is 96.4 Å². The van der Waals surface area contributed by atoms with Crippen molar-refractivity contribution in [2.45, 2.75) is 57.8 Å². The molecule has 0 spiro atoms. The second-order valence-electron chi connectivity index (χ2n) is 14.7. The molecular weight excluding hydrogens is 861 g/mol. The number of carbonyl (C=O) groups is 3. The number of pyridine rings is 4. The van der Waals surface area contributed by atoms with E-state index < -0.39 is 0 Å². The predicted molar refractivity (Wildman–Crippen MR) is 228 cm³/mol. The van der Waals surface area contributed by atoms with Crippen molar-refractivity contribution in [3.05, 3.63) is 95.4 Å². The van der Waals surface area contributed by atoms with Crippen LogP contribution in [0.5, 0.6) is 5.75 Å². The van der Waals surface area contributed by atoms with Crippen molar-refractivity contribution in [2.75, 3.05) is 68.6 Å². The van der Waals surface area contributed by atoms with Gasteiger partial charge < -0.3 is 35.0 Å². The summed E-state index contributed by atoms with van der Waals surface area (Å²) in [5, 5.41) is 15.2. The third kappa shape index (κ3) is 18.4. The number of hydrogen-bond acceptors (Lipinski definition) is 13. The Morgan fingerprint density at radius 1 is 0.656 bits per heavy atom. The molecular formula is C43H54BrF3N8O6. The molecule has 3 saturated heterocycles. The van der Waals surface area contributed by atoms with E-state index in [2.05, 4.69) is 65.8 Å². The highest BCUT2D eigenvalue weighted by atomic mass is 79.9. The predicted octanol–water partition coefficient (Wildman–Crippen LogP) is 7.10.